The van der Waals surface area contributed by atoms with Gasteiger partial charge >= 0.3 is 11.9 Å². The lowest BCUT2D eigenvalue weighted by molar-refractivity contribution is -0.168. The summed E-state index contributed by atoms with van der Waals surface area (Å²) >= 11 is 0. The Labute approximate surface area is 183 Å². The van der Waals surface area contributed by atoms with E-state index in [0.717, 1.165) is 0 Å². The Balaban J connectivity index is 1.30. The molecule has 172 valence electrons. The number of fused-ring (bicyclic) bond motifs is 4. The highest BCUT2D eigenvalue weighted by atomic mass is 16.6. The van der Waals surface area contributed by atoms with Gasteiger partial charge < -0.3 is 20.1 Å². The Hall–Kier alpha value is -2.12. The minimum atomic E-state index is -1.13. The van der Waals surface area contributed by atoms with Gasteiger partial charge in [-0.15, -0.1) is 0 Å². The molecule has 0 aromatic rings. The van der Waals surface area contributed by atoms with Crippen LogP contribution in [0.1, 0.15) is 73.6 Å². The third-order valence-corrected chi connectivity index (χ3v) is 9.83. The lowest BCUT2D eigenvalue weighted by Crippen LogP contribution is -2.54. The van der Waals surface area contributed by atoms with Crippen molar-refractivity contribution in [2.45, 2.75) is 84.8 Å². The molecule has 4 fully saturated rings. The van der Waals surface area contributed by atoms with E-state index < -0.39 is 32.9 Å². The molecule has 2 aliphatic heterocycles. The molecule has 31 heavy (non-hydrogen) atoms. The summed E-state index contributed by atoms with van der Waals surface area (Å²) in [6, 6.07) is 0. The Kier molecular flexibility index (Phi) is 4.44. The minimum absolute atomic E-state index is 0.269. The number of hydrogen-bond acceptors (Lipinski definition) is 6. The van der Waals surface area contributed by atoms with Crippen LogP contribution in [0.5, 0.6) is 0 Å². The Morgan fingerprint density at radius 2 is 1.06 bits per heavy atom. The second kappa shape index (κ2) is 6.23. The average molecular weight is 435 g/mol. The number of esters is 2. The quantitative estimate of drug-likeness (QED) is 0.488. The maximum absolute atomic E-state index is 13.0. The molecular weight excluding hydrogens is 400 g/mol. The summed E-state index contributed by atoms with van der Waals surface area (Å²) in [5, 5.41) is 5.78. The Morgan fingerprint density at radius 1 is 0.710 bits per heavy atom. The molecule has 0 spiro atoms. The summed E-state index contributed by atoms with van der Waals surface area (Å²) in [6.07, 6.45) is 2.83. The lowest BCUT2D eigenvalue weighted by Gasteiger charge is -2.35. The molecular formula is C23H34N2O6. The highest BCUT2D eigenvalue weighted by molar-refractivity contribution is 5.97. The zero-order chi connectivity index (χ0) is 23.1. The predicted octanol–water partition coefficient (Wildman–Crippen LogP) is 1.85. The van der Waals surface area contributed by atoms with Gasteiger partial charge in [-0.1, -0.05) is 27.7 Å². The van der Waals surface area contributed by atoms with Gasteiger partial charge in [-0.05, 0) is 46.0 Å². The molecule has 0 radical (unpaired) electrons. The number of carbonyl (C=O) groups is 4. The summed E-state index contributed by atoms with van der Waals surface area (Å²) in [5.41, 5.74) is -4.70. The van der Waals surface area contributed by atoms with Crippen LogP contribution in [0.15, 0.2) is 0 Å². The molecule has 0 aromatic carbocycles. The van der Waals surface area contributed by atoms with E-state index >= 15 is 0 Å². The van der Waals surface area contributed by atoms with Crippen LogP contribution in [-0.4, -0.2) is 48.0 Å². The fourth-order valence-corrected chi connectivity index (χ4v) is 6.27. The number of hydrogen-bond donors (Lipinski definition) is 2. The van der Waals surface area contributed by atoms with Crippen LogP contribution in [0.25, 0.3) is 0 Å². The molecule has 0 unspecified atom stereocenters. The van der Waals surface area contributed by atoms with Crippen molar-refractivity contribution in [3.05, 3.63) is 0 Å². The Morgan fingerprint density at radius 3 is 1.32 bits per heavy atom. The third-order valence-electron chi connectivity index (χ3n) is 9.83. The molecule has 4 bridgehead atoms. The highest BCUT2D eigenvalue weighted by Gasteiger charge is 2.76. The first kappa shape index (κ1) is 22.1. The van der Waals surface area contributed by atoms with Gasteiger partial charge in [0.15, 0.2) is 11.2 Å². The van der Waals surface area contributed by atoms with E-state index in [-0.39, 0.29) is 23.8 Å². The largest absolute Gasteiger partial charge is 0.448 e. The van der Waals surface area contributed by atoms with Crippen LogP contribution < -0.4 is 10.6 Å². The van der Waals surface area contributed by atoms with E-state index in [0.29, 0.717) is 45.2 Å². The van der Waals surface area contributed by atoms with Gasteiger partial charge in [-0.2, -0.15) is 0 Å². The second-order valence-electron chi connectivity index (χ2n) is 11.2. The number of nitrogens with one attached hydrogen (secondary N) is 2. The summed E-state index contributed by atoms with van der Waals surface area (Å²) in [6.45, 7) is 12.1. The molecule has 8 nitrogen and oxygen atoms in total. The van der Waals surface area contributed by atoms with Crippen molar-refractivity contribution in [2.75, 3.05) is 13.1 Å². The number of amides is 2. The van der Waals surface area contributed by atoms with Crippen LogP contribution in [0, 0.1) is 21.7 Å². The molecule has 2 amide bonds. The second-order valence-corrected chi connectivity index (χ2v) is 11.2. The van der Waals surface area contributed by atoms with E-state index in [9.17, 15) is 19.2 Å². The lowest BCUT2D eigenvalue weighted by atomic mass is 9.66. The molecule has 2 N–H and O–H groups in total. The van der Waals surface area contributed by atoms with Crippen LogP contribution in [0.3, 0.4) is 0 Å². The maximum Gasteiger partial charge on any atom is 0.313 e. The zero-order valence-corrected chi connectivity index (χ0v) is 19.4. The molecule has 2 aliphatic carbocycles. The van der Waals surface area contributed by atoms with Crippen molar-refractivity contribution in [2.24, 2.45) is 21.7 Å². The standard InChI is InChI=1S/C23H34N2O6/c1-18(2)20(5)8-10-22(18,30-16(20)28)14(26)24-12-7-13-25-15(27)23-11-9-21(6,17(29)31-23)19(23,3)4/h7-13H2,1-6H3,(H,24,26)(H,25,27)/t20-,21-,22+,23+/m1/s1. The van der Waals surface area contributed by atoms with Gasteiger partial charge in [-0.25, -0.2) is 0 Å². The van der Waals surface area contributed by atoms with Crippen LogP contribution in [0.2, 0.25) is 0 Å². The first-order valence-corrected chi connectivity index (χ1v) is 11.3. The number of carbonyl (C=O) groups excluding carboxylic acids is 4. The molecule has 2 saturated heterocycles. The summed E-state index contributed by atoms with van der Waals surface area (Å²) in [5.74, 6) is -1.14. The van der Waals surface area contributed by atoms with Gasteiger partial charge in [0.25, 0.3) is 11.8 Å². The average Bonchev–Trinajstić information content (AvgIpc) is 3.15. The molecule has 4 aliphatic rings. The normalized spacial score (nSPS) is 41.1. The van der Waals surface area contributed by atoms with Crippen LogP contribution in [0.4, 0.5) is 0 Å². The molecule has 4 atom stereocenters. The molecule has 2 saturated carbocycles. The van der Waals surface area contributed by atoms with E-state index in [1.54, 1.807) is 0 Å². The molecule has 4 rings (SSSR count). The van der Waals surface area contributed by atoms with E-state index in [4.69, 9.17) is 9.47 Å². The first-order valence-electron chi connectivity index (χ1n) is 11.3. The smallest absolute Gasteiger partial charge is 0.313 e. The van der Waals surface area contributed by atoms with Crippen LogP contribution >= 0.6 is 0 Å². The molecule has 2 heterocycles. The van der Waals surface area contributed by atoms with E-state index in [2.05, 4.69) is 10.6 Å². The summed E-state index contributed by atoms with van der Waals surface area (Å²) < 4.78 is 11.2. The van der Waals surface area contributed by atoms with Gasteiger partial charge in [0, 0.05) is 23.9 Å². The van der Waals surface area contributed by atoms with Crippen molar-refractivity contribution in [1.82, 2.24) is 10.6 Å². The van der Waals surface area contributed by atoms with E-state index in [1.807, 2.05) is 41.5 Å². The van der Waals surface area contributed by atoms with Gasteiger partial charge in [-0.3, -0.25) is 19.2 Å². The third kappa shape index (κ3) is 2.31. The SMILES string of the molecule is CC1(C)[C@@]2(C(=O)NCCCNC(=O)[C@]34CC[C@](C)(C(=O)O3)C4(C)C)CC[C@]1(C)C(=O)O2. The van der Waals surface area contributed by atoms with Crippen LogP contribution in [-0.2, 0) is 28.7 Å². The number of ether oxygens (including phenoxy) is 2. The fourth-order valence-electron chi connectivity index (χ4n) is 6.27. The molecule has 0 aromatic heterocycles. The first-order chi connectivity index (χ1) is 14.2. The molecule has 8 heteroatoms. The van der Waals surface area contributed by atoms with Gasteiger partial charge in [0.05, 0.1) is 10.8 Å². The topological polar surface area (TPSA) is 111 Å². The summed E-state index contributed by atoms with van der Waals surface area (Å²) in [7, 11) is 0. The predicted molar refractivity (Wildman–Crippen MR) is 111 cm³/mol. The number of rotatable bonds is 6. The van der Waals surface area contributed by atoms with Gasteiger partial charge in [0.1, 0.15) is 0 Å². The van der Waals surface area contributed by atoms with Crippen molar-refractivity contribution in [3.8, 4) is 0 Å². The monoisotopic (exact) mass is 434 g/mol. The van der Waals surface area contributed by atoms with Crippen molar-refractivity contribution in [3.63, 3.8) is 0 Å². The fraction of sp³-hybridized carbons (Fsp3) is 0.826. The summed E-state index contributed by atoms with van der Waals surface area (Å²) in [4.78, 5) is 50.6. The minimum Gasteiger partial charge on any atom is -0.448 e. The van der Waals surface area contributed by atoms with Crippen molar-refractivity contribution < 1.29 is 28.7 Å². The maximum atomic E-state index is 13.0. The zero-order valence-electron chi connectivity index (χ0n) is 19.4. The van der Waals surface area contributed by atoms with Gasteiger partial charge in [0.2, 0.25) is 0 Å². The van der Waals surface area contributed by atoms with Crippen molar-refractivity contribution >= 4 is 23.8 Å². The van der Waals surface area contributed by atoms with E-state index in [1.165, 1.54) is 0 Å². The Bertz CT molecular complexity index is 811. The highest BCUT2D eigenvalue weighted by Crippen LogP contribution is 2.66. The van der Waals surface area contributed by atoms with Crippen molar-refractivity contribution in [1.29, 1.82) is 0 Å².